The van der Waals surface area contributed by atoms with Crippen molar-refractivity contribution >= 4 is 0 Å². The van der Waals surface area contributed by atoms with Gasteiger partial charge >= 0.3 is 0 Å². The lowest BCUT2D eigenvalue weighted by molar-refractivity contribution is -0.0144. The van der Waals surface area contributed by atoms with Crippen LogP contribution in [0.2, 0.25) is 0 Å². The summed E-state index contributed by atoms with van der Waals surface area (Å²) in [6, 6.07) is 7.57. The number of aliphatic hydroxyl groups excluding tert-OH is 1. The topological polar surface area (TPSA) is 38.7 Å². The molecule has 16 heavy (non-hydrogen) atoms. The van der Waals surface area contributed by atoms with Crippen LogP contribution in [0.4, 0.5) is 0 Å². The zero-order valence-corrected chi connectivity index (χ0v) is 9.56. The number of benzene rings is 1. The molecule has 2 rings (SSSR count). The highest BCUT2D eigenvalue weighted by molar-refractivity contribution is 5.40. The van der Waals surface area contributed by atoms with Gasteiger partial charge in [0.25, 0.3) is 0 Å². The summed E-state index contributed by atoms with van der Waals surface area (Å²) in [5.41, 5.74) is 0. The van der Waals surface area contributed by atoms with Crippen LogP contribution in [0.3, 0.4) is 0 Å². The summed E-state index contributed by atoms with van der Waals surface area (Å²) in [4.78, 5) is 0. The summed E-state index contributed by atoms with van der Waals surface area (Å²) >= 11 is 0. The maximum Gasteiger partial charge on any atom is 0.161 e. The van der Waals surface area contributed by atoms with Gasteiger partial charge in [0, 0.05) is 0 Å². The quantitative estimate of drug-likeness (QED) is 0.850. The molecule has 0 fully saturated rings. The van der Waals surface area contributed by atoms with Crippen LogP contribution in [-0.4, -0.2) is 23.9 Å². The Balaban J connectivity index is 1.97. The van der Waals surface area contributed by atoms with Crippen LogP contribution in [0, 0.1) is 0 Å². The fourth-order valence-electron chi connectivity index (χ4n) is 1.82. The lowest BCUT2D eigenvalue weighted by Gasteiger charge is -2.29. The van der Waals surface area contributed by atoms with E-state index in [0.29, 0.717) is 6.61 Å². The monoisotopic (exact) mass is 222 g/mol. The van der Waals surface area contributed by atoms with E-state index in [1.807, 2.05) is 24.3 Å². The van der Waals surface area contributed by atoms with Gasteiger partial charge in [-0.25, -0.2) is 0 Å². The van der Waals surface area contributed by atoms with Crippen LogP contribution in [0.15, 0.2) is 24.3 Å². The lowest BCUT2D eigenvalue weighted by atomic mass is 10.1. The molecule has 0 saturated heterocycles. The molecule has 1 heterocycles. The number of hydrogen-bond donors (Lipinski definition) is 1. The first-order valence-corrected chi connectivity index (χ1v) is 5.88. The standard InChI is InChI=1S/C13H18O3/c1-2-3-6-10(14)13-9-15-11-7-4-5-8-12(11)16-13/h4-5,7-8,10,13-14H,2-3,6,9H2,1H3. The molecule has 0 saturated carbocycles. The second kappa shape index (κ2) is 5.21. The normalized spacial score (nSPS) is 20.5. The molecule has 1 aliphatic rings. The number of aliphatic hydroxyl groups is 1. The van der Waals surface area contributed by atoms with Gasteiger partial charge < -0.3 is 14.6 Å². The number of para-hydroxylation sites is 2. The van der Waals surface area contributed by atoms with E-state index >= 15 is 0 Å². The van der Waals surface area contributed by atoms with E-state index in [4.69, 9.17) is 9.47 Å². The van der Waals surface area contributed by atoms with Crippen LogP contribution in [0.1, 0.15) is 26.2 Å². The highest BCUT2D eigenvalue weighted by Crippen LogP contribution is 2.32. The van der Waals surface area contributed by atoms with Crippen molar-refractivity contribution in [3.05, 3.63) is 24.3 Å². The van der Waals surface area contributed by atoms with E-state index in [9.17, 15) is 5.11 Å². The van der Waals surface area contributed by atoms with Gasteiger partial charge in [0.2, 0.25) is 0 Å². The minimum absolute atomic E-state index is 0.235. The molecule has 0 aromatic heterocycles. The number of hydrogen-bond acceptors (Lipinski definition) is 3. The van der Waals surface area contributed by atoms with Gasteiger partial charge in [-0.15, -0.1) is 0 Å². The summed E-state index contributed by atoms with van der Waals surface area (Å²) in [7, 11) is 0. The van der Waals surface area contributed by atoms with Crippen molar-refractivity contribution < 1.29 is 14.6 Å². The second-order valence-electron chi connectivity index (χ2n) is 4.12. The van der Waals surface area contributed by atoms with Crippen LogP contribution < -0.4 is 9.47 Å². The molecule has 1 aliphatic heterocycles. The summed E-state index contributed by atoms with van der Waals surface area (Å²) in [5, 5.41) is 9.93. The van der Waals surface area contributed by atoms with Gasteiger partial charge in [0.1, 0.15) is 6.61 Å². The lowest BCUT2D eigenvalue weighted by Crippen LogP contribution is -2.39. The Morgan fingerprint density at radius 1 is 1.38 bits per heavy atom. The Bertz CT molecular complexity index is 338. The third kappa shape index (κ3) is 2.47. The van der Waals surface area contributed by atoms with Gasteiger partial charge in [-0.05, 0) is 18.6 Å². The Morgan fingerprint density at radius 3 is 2.88 bits per heavy atom. The molecule has 3 nitrogen and oxygen atoms in total. The average molecular weight is 222 g/mol. The predicted molar refractivity (Wildman–Crippen MR) is 61.9 cm³/mol. The van der Waals surface area contributed by atoms with Gasteiger partial charge in [-0.3, -0.25) is 0 Å². The SMILES string of the molecule is CCCCC(O)C1COc2ccccc2O1. The summed E-state index contributed by atoms with van der Waals surface area (Å²) < 4.78 is 11.3. The first-order valence-electron chi connectivity index (χ1n) is 5.88. The van der Waals surface area contributed by atoms with Crippen LogP contribution >= 0.6 is 0 Å². The predicted octanol–water partition coefficient (Wildman–Crippen LogP) is 2.38. The fraction of sp³-hybridized carbons (Fsp3) is 0.538. The van der Waals surface area contributed by atoms with E-state index < -0.39 is 6.10 Å². The Kier molecular flexibility index (Phi) is 3.67. The van der Waals surface area contributed by atoms with E-state index in [-0.39, 0.29) is 6.10 Å². The molecule has 0 radical (unpaired) electrons. The molecule has 0 amide bonds. The third-order valence-corrected chi connectivity index (χ3v) is 2.81. The minimum atomic E-state index is -0.437. The van der Waals surface area contributed by atoms with Crippen molar-refractivity contribution in [2.45, 2.75) is 38.4 Å². The van der Waals surface area contributed by atoms with Gasteiger partial charge in [0.05, 0.1) is 6.10 Å². The van der Waals surface area contributed by atoms with Gasteiger partial charge in [-0.1, -0.05) is 31.9 Å². The molecule has 1 aromatic carbocycles. The van der Waals surface area contributed by atoms with Gasteiger partial charge in [-0.2, -0.15) is 0 Å². The maximum atomic E-state index is 9.93. The Hall–Kier alpha value is -1.22. The van der Waals surface area contributed by atoms with Crippen molar-refractivity contribution in [1.29, 1.82) is 0 Å². The molecular weight excluding hydrogens is 204 g/mol. The van der Waals surface area contributed by atoms with Crippen molar-refractivity contribution in [1.82, 2.24) is 0 Å². The molecule has 0 aliphatic carbocycles. The smallest absolute Gasteiger partial charge is 0.161 e. The van der Waals surface area contributed by atoms with Crippen molar-refractivity contribution in [3.8, 4) is 11.5 Å². The van der Waals surface area contributed by atoms with E-state index in [0.717, 1.165) is 30.8 Å². The molecule has 2 unspecified atom stereocenters. The van der Waals surface area contributed by atoms with Crippen molar-refractivity contribution in [2.75, 3.05) is 6.61 Å². The average Bonchev–Trinajstić information content (AvgIpc) is 2.35. The molecular formula is C13H18O3. The summed E-state index contributed by atoms with van der Waals surface area (Å²) in [6.45, 7) is 2.54. The number of unbranched alkanes of at least 4 members (excludes halogenated alkanes) is 1. The first-order chi connectivity index (χ1) is 7.81. The van der Waals surface area contributed by atoms with Crippen LogP contribution in [0.25, 0.3) is 0 Å². The molecule has 1 aromatic rings. The van der Waals surface area contributed by atoms with Crippen LogP contribution in [0.5, 0.6) is 11.5 Å². The number of ether oxygens (including phenoxy) is 2. The van der Waals surface area contributed by atoms with Crippen LogP contribution in [-0.2, 0) is 0 Å². The zero-order chi connectivity index (χ0) is 11.4. The van der Waals surface area contributed by atoms with Crippen molar-refractivity contribution in [2.24, 2.45) is 0 Å². The second-order valence-corrected chi connectivity index (χ2v) is 4.12. The number of fused-ring (bicyclic) bond motifs is 1. The molecule has 2 atom stereocenters. The fourth-order valence-corrected chi connectivity index (χ4v) is 1.82. The molecule has 0 bridgehead atoms. The third-order valence-electron chi connectivity index (χ3n) is 2.81. The van der Waals surface area contributed by atoms with Crippen molar-refractivity contribution in [3.63, 3.8) is 0 Å². The Labute approximate surface area is 96.0 Å². The first kappa shape index (κ1) is 11.3. The summed E-state index contributed by atoms with van der Waals surface area (Å²) in [6.07, 6.45) is 2.20. The van der Waals surface area contributed by atoms with E-state index in [1.165, 1.54) is 0 Å². The van der Waals surface area contributed by atoms with E-state index in [1.54, 1.807) is 0 Å². The highest BCUT2D eigenvalue weighted by atomic mass is 16.6. The molecule has 1 N–H and O–H groups in total. The number of rotatable bonds is 4. The molecule has 88 valence electrons. The maximum absolute atomic E-state index is 9.93. The Morgan fingerprint density at radius 2 is 2.12 bits per heavy atom. The molecule has 3 heteroatoms. The minimum Gasteiger partial charge on any atom is -0.486 e. The van der Waals surface area contributed by atoms with E-state index in [2.05, 4.69) is 6.92 Å². The summed E-state index contributed by atoms with van der Waals surface area (Å²) in [5.74, 6) is 1.50. The largest absolute Gasteiger partial charge is 0.486 e. The zero-order valence-electron chi connectivity index (χ0n) is 9.56. The van der Waals surface area contributed by atoms with Gasteiger partial charge in [0.15, 0.2) is 17.6 Å². The highest BCUT2D eigenvalue weighted by Gasteiger charge is 2.26. The molecule has 0 spiro atoms.